The van der Waals surface area contributed by atoms with E-state index in [-0.39, 0.29) is 22.5 Å². The van der Waals surface area contributed by atoms with Gasteiger partial charge < -0.3 is 16.2 Å². The summed E-state index contributed by atoms with van der Waals surface area (Å²) in [7, 11) is 0. The van der Waals surface area contributed by atoms with Gasteiger partial charge in [0.15, 0.2) is 5.75 Å². The third-order valence-corrected chi connectivity index (χ3v) is 7.01. The number of halogens is 1. The molecule has 0 aliphatic carbocycles. The van der Waals surface area contributed by atoms with Gasteiger partial charge in [-0.25, -0.2) is 0 Å². The molecule has 0 aliphatic heterocycles. The van der Waals surface area contributed by atoms with Crippen molar-refractivity contribution in [2.45, 2.75) is 52.0 Å². The first-order chi connectivity index (χ1) is 18.3. The van der Waals surface area contributed by atoms with Gasteiger partial charge >= 0.3 is 0 Å². The third-order valence-electron chi connectivity index (χ3n) is 6.78. The number of carbonyl (C=O) groups is 1. The Labute approximate surface area is 228 Å². The molecule has 38 heavy (non-hydrogen) atoms. The van der Waals surface area contributed by atoms with Crippen LogP contribution in [0.3, 0.4) is 0 Å². The van der Waals surface area contributed by atoms with E-state index in [4.69, 9.17) is 17.3 Å². The zero-order valence-electron chi connectivity index (χ0n) is 22.0. The molecule has 4 N–H and O–H groups in total. The molecule has 0 aliphatic rings. The molecule has 0 heterocycles. The molecular weight excluding hydrogens is 496 g/mol. The second-order valence-electron chi connectivity index (χ2n) is 9.66. The van der Waals surface area contributed by atoms with Crippen LogP contribution in [-0.2, 0) is 5.54 Å². The Kier molecular flexibility index (Phi) is 8.45. The van der Waals surface area contributed by atoms with Crippen LogP contribution in [0, 0.1) is 6.92 Å². The number of phenolic OH excluding ortho intramolecular Hbond substituents is 1. The first-order valence-corrected chi connectivity index (χ1v) is 13.3. The van der Waals surface area contributed by atoms with Crippen LogP contribution in [0.5, 0.6) is 5.75 Å². The van der Waals surface area contributed by atoms with Crippen molar-refractivity contribution in [2.24, 2.45) is 16.0 Å². The van der Waals surface area contributed by atoms with Crippen molar-refractivity contribution in [1.29, 1.82) is 0 Å². The van der Waals surface area contributed by atoms with Gasteiger partial charge in [-0.1, -0.05) is 74.7 Å². The van der Waals surface area contributed by atoms with E-state index >= 15 is 0 Å². The van der Waals surface area contributed by atoms with Crippen LogP contribution in [0.15, 0.2) is 83.0 Å². The average molecular weight is 529 g/mol. The van der Waals surface area contributed by atoms with Crippen molar-refractivity contribution in [3.63, 3.8) is 0 Å². The molecule has 4 aromatic rings. The van der Waals surface area contributed by atoms with E-state index in [2.05, 4.69) is 29.4 Å². The largest absolute Gasteiger partial charge is 0.505 e. The Balaban J connectivity index is 1.68. The fraction of sp³-hybridized carbons (Fsp3) is 0.258. The molecular formula is C31H33ClN4O2. The smallest absolute Gasteiger partial charge is 0.259 e. The van der Waals surface area contributed by atoms with Gasteiger partial charge in [-0.15, -0.1) is 5.11 Å². The Hall–Kier alpha value is -3.74. The van der Waals surface area contributed by atoms with Crippen LogP contribution in [-0.4, -0.2) is 11.0 Å². The highest BCUT2D eigenvalue weighted by atomic mass is 35.5. The second-order valence-corrected chi connectivity index (χ2v) is 10.1. The minimum atomic E-state index is -0.453. The number of nitrogens with two attached hydrogens (primary N) is 1. The van der Waals surface area contributed by atoms with E-state index in [1.54, 1.807) is 24.3 Å². The van der Waals surface area contributed by atoms with Crippen LogP contribution in [0.2, 0.25) is 5.02 Å². The Morgan fingerprint density at radius 1 is 0.974 bits per heavy atom. The van der Waals surface area contributed by atoms with Crippen molar-refractivity contribution >= 4 is 45.3 Å². The van der Waals surface area contributed by atoms with Gasteiger partial charge in [0.1, 0.15) is 5.69 Å². The maximum absolute atomic E-state index is 13.2. The number of aryl methyl sites for hydroxylation is 1. The van der Waals surface area contributed by atoms with Gasteiger partial charge in [0.05, 0.1) is 11.3 Å². The lowest BCUT2D eigenvalue weighted by molar-refractivity contribution is 0.102. The van der Waals surface area contributed by atoms with Gasteiger partial charge in [0.2, 0.25) is 0 Å². The minimum Gasteiger partial charge on any atom is -0.505 e. The molecule has 1 amide bonds. The maximum atomic E-state index is 13.2. The monoisotopic (exact) mass is 528 g/mol. The average Bonchev–Trinajstić information content (AvgIpc) is 2.90. The number of anilines is 1. The molecule has 7 heteroatoms. The van der Waals surface area contributed by atoms with Gasteiger partial charge in [0, 0.05) is 21.6 Å². The van der Waals surface area contributed by atoms with Crippen LogP contribution in [0.25, 0.3) is 10.8 Å². The summed E-state index contributed by atoms with van der Waals surface area (Å²) in [5.74, 6) is -0.689. The molecule has 0 saturated carbocycles. The third kappa shape index (κ3) is 5.87. The molecule has 196 valence electrons. The Morgan fingerprint density at radius 3 is 2.32 bits per heavy atom. The molecule has 0 radical (unpaired) electrons. The highest BCUT2D eigenvalue weighted by molar-refractivity contribution is 6.30. The second kappa shape index (κ2) is 11.8. The van der Waals surface area contributed by atoms with Crippen molar-refractivity contribution < 1.29 is 9.90 Å². The number of fused-ring (bicyclic) bond motifs is 1. The van der Waals surface area contributed by atoms with E-state index in [9.17, 15) is 9.90 Å². The molecule has 0 unspecified atom stereocenters. The summed E-state index contributed by atoms with van der Waals surface area (Å²) in [6.45, 7) is 6.13. The summed E-state index contributed by atoms with van der Waals surface area (Å²) >= 11 is 6.04. The number of hydrogen-bond acceptors (Lipinski definition) is 5. The van der Waals surface area contributed by atoms with Crippen LogP contribution in [0.1, 0.15) is 61.0 Å². The van der Waals surface area contributed by atoms with Crippen molar-refractivity contribution in [3.8, 4) is 5.75 Å². The zero-order valence-corrected chi connectivity index (χ0v) is 22.7. The number of carbonyl (C=O) groups excluding carboxylic acids is 1. The lowest BCUT2D eigenvalue weighted by Gasteiger charge is -2.29. The summed E-state index contributed by atoms with van der Waals surface area (Å²) in [6.07, 6.45) is 3.83. The van der Waals surface area contributed by atoms with Gasteiger partial charge in [-0.3, -0.25) is 4.79 Å². The topological polar surface area (TPSA) is 100 Å². The standard InChI is InChI=1S/C31H33ClN4O2/c1-4-16-31(33,17-5-2)22-10-13-24(14-11-22)35-36-28-25-9-7-6-8-21(25)19-26(29(28)37)30(38)34-27-15-12-23(32)18-20(27)3/h6-15,18-19,37H,4-5,16-17,33H2,1-3H3,(H,34,38). The normalized spacial score (nSPS) is 11.8. The van der Waals surface area contributed by atoms with Crippen molar-refractivity contribution in [1.82, 2.24) is 0 Å². The van der Waals surface area contributed by atoms with Gasteiger partial charge in [0.25, 0.3) is 5.91 Å². The minimum absolute atomic E-state index is 0.106. The number of amides is 1. The Bertz CT molecular complexity index is 1480. The van der Waals surface area contributed by atoms with Crippen LogP contribution in [0.4, 0.5) is 17.1 Å². The van der Waals surface area contributed by atoms with E-state index in [1.807, 2.05) is 55.5 Å². The van der Waals surface area contributed by atoms with Crippen LogP contribution >= 0.6 is 11.6 Å². The highest BCUT2D eigenvalue weighted by Crippen LogP contribution is 2.40. The van der Waals surface area contributed by atoms with Gasteiger partial charge in [-0.2, -0.15) is 5.11 Å². The number of hydrogen-bond donors (Lipinski definition) is 3. The summed E-state index contributed by atoms with van der Waals surface area (Å²) in [5.41, 5.74) is 9.82. The molecule has 6 nitrogen and oxygen atoms in total. The molecule has 0 fully saturated rings. The molecule has 0 bridgehead atoms. The van der Waals surface area contributed by atoms with Gasteiger partial charge in [-0.05, 0) is 72.7 Å². The first-order valence-electron chi connectivity index (χ1n) is 12.9. The number of rotatable bonds is 9. The fourth-order valence-electron chi connectivity index (χ4n) is 4.82. The highest BCUT2D eigenvalue weighted by Gasteiger charge is 2.25. The molecule has 0 aromatic heterocycles. The Morgan fingerprint density at radius 2 is 1.66 bits per heavy atom. The molecule has 0 spiro atoms. The number of nitrogens with one attached hydrogen (secondary N) is 1. The van der Waals surface area contributed by atoms with E-state index in [0.29, 0.717) is 21.8 Å². The van der Waals surface area contributed by atoms with Crippen molar-refractivity contribution in [3.05, 3.63) is 94.5 Å². The number of phenols is 1. The first kappa shape index (κ1) is 27.3. The summed E-state index contributed by atoms with van der Waals surface area (Å²) in [6, 6.07) is 22.0. The lowest BCUT2D eigenvalue weighted by atomic mass is 9.83. The van der Waals surface area contributed by atoms with E-state index in [1.165, 1.54) is 0 Å². The summed E-state index contributed by atoms with van der Waals surface area (Å²) < 4.78 is 0. The molecule has 4 aromatic carbocycles. The SMILES string of the molecule is CCCC(N)(CCC)c1ccc(N=Nc2c(O)c(C(=O)Nc3ccc(Cl)cc3C)cc3ccccc23)cc1. The lowest BCUT2D eigenvalue weighted by Crippen LogP contribution is -2.36. The number of nitrogens with zero attached hydrogens (tertiary/aromatic N) is 2. The number of benzene rings is 4. The maximum Gasteiger partial charge on any atom is 0.259 e. The number of azo groups is 1. The van der Waals surface area contributed by atoms with Crippen molar-refractivity contribution in [2.75, 3.05) is 5.32 Å². The summed E-state index contributed by atoms with van der Waals surface area (Å²) in [4.78, 5) is 13.2. The van der Waals surface area contributed by atoms with E-state index in [0.717, 1.165) is 42.2 Å². The molecule has 0 atom stereocenters. The fourth-order valence-corrected chi connectivity index (χ4v) is 5.05. The quantitative estimate of drug-likeness (QED) is 0.189. The van der Waals surface area contributed by atoms with Crippen LogP contribution < -0.4 is 11.1 Å². The zero-order chi connectivity index (χ0) is 27.3. The molecule has 0 saturated heterocycles. The summed E-state index contributed by atoms with van der Waals surface area (Å²) in [5, 5.41) is 24.8. The van der Waals surface area contributed by atoms with E-state index < -0.39 is 5.91 Å². The number of aromatic hydroxyl groups is 1. The molecule has 4 rings (SSSR count). The predicted molar refractivity (Wildman–Crippen MR) is 156 cm³/mol. The predicted octanol–water partition coefficient (Wildman–Crippen LogP) is 8.93.